The minimum atomic E-state index is -0.612. The molecule has 0 aromatic carbocycles. The third-order valence-electron chi connectivity index (χ3n) is 2.10. The third-order valence-corrected chi connectivity index (χ3v) is 2.66. The van der Waals surface area contributed by atoms with Gasteiger partial charge in [-0.3, -0.25) is 0 Å². The Labute approximate surface area is 91.2 Å². The van der Waals surface area contributed by atoms with Gasteiger partial charge in [-0.05, 0) is 22.9 Å². The van der Waals surface area contributed by atoms with Crippen LogP contribution in [0.5, 0.6) is 0 Å². The lowest BCUT2D eigenvalue weighted by Gasteiger charge is -2.15. The van der Waals surface area contributed by atoms with Crippen molar-refractivity contribution < 1.29 is 9.84 Å². The van der Waals surface area contributed by atoms with Crippen LogP contribution in [0.3, 0.4) is 0 Å². The van der Waals surface area contributed by atoms with Crippen molar-refractivity contribution in [1.82, 2.24) is 15.0 Å². The number of nitrogens with zero attached hydrogens (tertiary/aromatic N) is 3. The van der Waals surface area contributed by atoms with E-state index < -0.39 is 6.10 Å². The van der Waals surface area contributed by atoms with Crippen LogP contribution < -0.4 is 0 Å². The van der Waals surface area contributed by atoms with Crippen LogP contribution in [0.25, 0.3) is 0 Å². The topological polar surface area (TPSA) is 60.2 Å². The standard InChI is InChI=1S/C8H14BrN3O2/c1-5(14-3)4-6(13)7-8(9)10-11-12(7)2/h5-6,13H,4H2,1-3H3. The first-order chi connectivity index (χ1) is 6.56. The van der Waals surface area contributed by atoms with E-state index >= 15 is 0 Å². The van der Waals surface area contributed by atoms with Gasteiger partial charge >= 0.3 is 0 Å². The number of aliphatic hydroxyl groups is 1. The van der Waals surface area contributed by atoms with Gasteiger partial charge in [0.1, 0.15) is 11.8 Å². The van der Waals surface area contributed by atoms with Gasteiger partial charge in [0.25, 0.3) is 0 Å². The number of hydrogen-bond donors (Lipinski definition) is 1. The monoisotopic (exact) mass is 263 g/mol. The first-order valence-electron chi connectivity index (χ1n) is 4.32. The molecule has 0 aliphatic rings. The summed E-state index contributed by atoms with van der Waals surface area (Å²) in [7, 11) is 3.36. The summed E-state index contributed by atoms with van der Waals surface area (Å²) in [4.78, 5) is 0. The minimum absolute atomic E-state index is 0.00630. The second kappa shape index (κ2) is 4.86. The number of rotatable bonds is 4. The van der Waals surface area contributed by atoms with Crippen LogP contribution in [0.2, 0.25) is 0 Å². The van der Waals surface area contributed by atoms with Gasteiger partial charge in [0.2, 0.25) is 0 Å². The minimum Gasteiger partial charge on any atom is -0.387 e. The number of ether oxygens (including phenoxy) is 1. The molecule has 80 valence electrons. The van der Waals surface area contributed by atoms with Crippen LogP contribution in [0, 0.1) is 0 Å². The Bertz CT molecular complexity index is 283. The van der Waals surface area contributed by atoms with Gasteiger partial charge < -0.3 is 9.84 Å². The zero-order valence-corrected chi connectivity index (χ0v) is 10.0. The molecule has 0 amide bonds. The Morgan fingerprint density at radius 2 is 2.29 bits per heavy atom. The molecule has 1 N–H and O–H groups in total. The fraction of sp³-hybridized carbons (Fsp3) is 0.750. The number of aryl methyl sites for hydroxylation is 1. The van der Waals surface area contributed by atoms with Crippen LogP contribution in [0.15, 0.2) is 4.60 Å². The van der Waals surface area contributed by atoms with Crippen molar-refractivity contribution in [3.05, 3.63) is 10.3 Å². The quantitative estimate of drug-likeness (QED) is 0.882. The Morgan fingerprint density at radius 1 is 1.64 bits per heavy atom. The highest BCUT2D eigenvalue weighted by atomic mass is 79.9. The highest BCUT2D eigenvalue weighted by Crippen LogP contribution is 2.24. The molecule has 0 saturated carbocycles. The van der Waals surface area contributed by atoms with Crippen LogP contribution in [-0.2, 0) is 11.8 Å². The molecule has 1 rings (SSSR count). The molecule has 0 radical (unpaired) electrons. The van der Waals surface area contributed by atoms with Gasteiger partial charge in [-0.2, -0.15) is 0 Å². The van der Waals surface area contributed by atoms with Crippen LogP contribution in [-0.4, -0.2) is 33.3 Å². The largest absolute Gasteiger partial charge is 0.387 e. The first-order valence-corrected chi connectivity index (χ1v) is 5.11. The molecule has 5 nitrogen and oxygen atoms in total. The molecule has 0 aliphatic heterocycles. The van der Waals surface area contributed by atoms with Gasteiger partial charge in [-0.1, -0.05) is 5.21 Å². The number of methoxy groups -OCH3 is 1. The number of aliphatic hydroxyl groups excluding tert-OH is 1. The van der Waals surface area contributed by atoms with E-state index in [4.69, 9.17) is 4.74 Å². The summed E-state index contributed by atoms with van der Waals surface area (Å²) < 4.78 is 7.21. The molecule has 0 bridgehead atoms. The zero-order chi connectivity index (χ0) is 10.7. The van der Waals surface area contributed by atoms with E-state index in [2.05, 4.69) is 26.2 Å². The third kappa shape index (κ3) is 2.52. The highest BCUT2D eigenvalue weighted by molar-refractivity contribution is 9.10. The lowest BCUT2D eigenvalue weighted by molar-refractivity contribution is 0.0525. The molecule has 2 atom stereocenters. The fourth-order valence-corrected chi connectivity index (χ4v) is 1.81. The van der Waals surface area contributed by atoms with Crippen molar-refractivity contribution in [3.8, 4) is 0 Å². The molecular formula is C8H14BrN3O2. The second-order valence-corrected chi connectivity index (χ2v) is 3.94. The first kappa shape index (κ1) is 11.6. The van der Waals surface area contributed by atoms with Gasteiger partial charge in [-0.25, -0.2) is 4.68 Å². The summed E-state index contributed by atoms with van der Waals surface area (Å²) in [5.74, 6) is 0. The number of halogens is 1. The van der Waals surface area contributed by atoms with Crippen molar-refractivity contribution in [3.63, 3.8) is 0 Å². The SMILES string of the molecule is COC(C)CC(O)c1c(Br)nnn1C. The molecule has 1 heterocycles. The molecule has 1 aromatic heterocycles. The normalized spacial score (nSPS) is 15.5. The Morgan fingerprint density at radius 3 is 2.71 bits per heavy atom. The summed E-state index contributed by atoms with van der Waals surface area (Å²) in [5, 5.41) is 17.5. The Kier molecular flexibility index (Phi) is 4.03. The summed E-state index contributed by atoms with van der Waals surface area (Å²) in [6.07, 6.45) is -0.0813. The van der Waals surface area contributed by atoms with Gasteiger partial charge in [0.05, 0.1) is 6.10 Å². The lowest BCUT2D eigenvalue weighted by atomic mass is 10.1. The Hall–Kier alpha value is -0.460. The molecule has 0 aliphatic carbocycles. The molecule has 0 fully saturated rings. The molecule has 1 aromatic rings. The fourth-order valence-electron chi connectivity index (χ4n) is 1.21. The zero-order valence-electron chi connectivity index (χ0n) is 8.44. The second-order valence-electron chi connectivity index (χ2n) is 3.19. The van der Waals surface area contributed by atoms with Crippen LogP contribution >= 0.6 is 15.9 Å². The maximum absolute atomic E-state index is 9.86. The van der Waals surface area contributed by atoms with Crippen molar-refractivity contribution in [2.24, 2.45) is 7.05 Å². The van der Waals surface area contributed by atoms with Crippen molar-refractivity contribution in [2.45, 2.75) is 25.6 Å². The van der Waals surface area contributed by atoms with E-state index in [1.165, 1.54) is 0 Å². The molecule has 0 saturated heterocycles. The van der Waals surface area contributed by atoms with Gasteiger partial charge in [-0.15, -0.1) is 5.10 Å². The average molecular weight is 264 g/mol. The van der Waals surface area contributed by atoms with E-state index in [0.717, 1.165) is 0 Å². The van der Waals surface area contributed by atoms with Crippen LogP contribution in [0.1, 0.15) is 25.1 Å². The van der Waals surface area contributed by atoms with Crippen molar-refractivity contribution >= 4 is 15.9 Å². The van der Waals surface area contributed by atoms with Crippen molar-refractivity contribution in [2.75, 3.05) is 7.11 Å². The molecule has 2 unspecified atom stereocenters. The smallest absolute Gasteiger partial charge is 0.154 e. The predicted molar refractivity (Wildman–Crippen MR) is 54.8 cm³/mol. The number of hydrogen-bond acceptors (Lipinski definition) is 4. The molecular weight excluding hydrogens is 250 g/mol. The summed E-state index contributed by atoms with van der Waals surface area (Å²) >= 11 is 3.23. The maximum Gasteiger partial charge on any atom is 0.154 e. The number of aromatic nitrogens is 3. The lowest BCUT2D eigenvalue weighted by Crippen LogP contribution is -2.14. The van der Waals surface area contributed by atoms with E-state index in [-0.39, 0.29) is 6.10 Å². The predicted octanol–water partition coefficient (Wildman–Crippen LogP) is 1.04. The van der Waals surface area contributed by atoms with Gasteiger partial charge in [0, 0.05) is 20.6 Å². The summed E-state index contributed by atoms with van der Waals surface area (Å²) in [6.45, 7) is 1.90. The molecule has 14 heavy (non-hydrogen) atoms. The van der Waals surface area contributed by atoms with E-state index in [0.29, 0.717) is 16.7 Å². The Balaban J connectivity index is 2.73. The summed E-state index contributed by atoms with van der Waals surface area (Å²) in [5.41, 5.74) is 0.675. The average Bonchev–Trinajstić information content (AvgIpc) is 2.46. The van der Waals surface area contributed by atoms with E-state index in [1.54, 1.807) is 18.8 Å². The molecule has 0 spiro atoms. The van der Waals surface area contributed by atoms with E-state index in [9.17, 15) is 5.11 Å². The summed E-state index contributed by atoms with van der Waals surface area (Å²) in [6, 6.07) is 0. The van der Waals surface area contributed by atoms with Crippen LogP contribution in [0.4, 0.5) is 0 Å². The maximum atomic E-state index is 9.86. The molecule has 6 heteroatoms. The van der Waals surface area contributed by atoms with E-state index in [1.807, 2.05) is 6.92 Å². The highest BCUT2D eigenvalue weighted by Gasteiger charge is 2.19. The van der Waals surface area contributed by atoms with Crippen molar-refractivity contribution in [1.29, 1.82) is 0 Å². The van der Waals surface area contributed by atoms with Gasteiger partial charge in [0.15, 0.2) is 4.60 Å².